The number of rotatable bonds is 2. The van der Waals surface area contributed by atoms with Gasteiger partial charge in [-0.2, -0.15) is 0 Å². The van der Waals surface area contributed by atoms with E-state index in [0.29, 0.717) is 0 Å². The van der Waals surface area contributed by atoms with Crippen molar-refractivity contribution in [1.29, 1.82) is 0 Å². The van der Waals surface area contributed by atoms with Crippen molar-refractivity contribution in [2.45, 2.75) is 25.3 Å². The summed E-state index contributed by atoms with van der Waals surface area (Å²) in [5.41, 5.74) is 3.36. The van der Waals surface area contributed by atoms with Gasteiger partial charge in [-0.15, -0.1) is 0 Å². The molecule has 1 aliphatic rings. The number of nitrogens with one attached hydrogen (secondary N) is 1. The lowest BCUT2D eigenvalue weighted by Gasteiger charge is -2.26. The Hall–Kier alpha value is -2.61. The first-order valence-corrected chi connectivity index (χ1v) is 8.19. The molecule has 0 aliphatic heterocycles. The van der Waals surface area contributed by atoms with Crippen molar-refractivity contribution in [1.82, 2.24) is 5.32 Å². The van der Waals surface area contributed by atoms with Crippen LogP contribution in [-0.2, 0) is 6.42 Å². The van der Waals surface area contributed by atoms with Gasteiger partial charge in [0.05, 0.1) is 6.04 Å². The Morgan fingerprint density at radius 2 is 1.70 bits per heavy atom. The Bertz CT molecular complexity index is 868. The molecule has 4 rings (SSSR count). The number of fused-ring (bicyclic) bond motifs is 2. The Morgan fingerprint density at radius 1 is 0.913 bits per heavy atom. The summed E-state index contributed by atoms with van der Waals surface area (Å²) < 4.78 is 0. The number of carbonyl (C=O) groups is 1. The number of benzene rings is 3. The van der Waals surface area contributed by atoms with Crippen molar-refractivity contribution in [3.63, 3.8) is 0 Å². The maximum atomic E-state index is 12.7. The van der Waals surface area contributed by atoms with Crippen molar-refractivity contribution in [2.75, 3.05) is 0 Å². The van der Waals surface area contributed by atoms with Crippen LogP contribution in [-0.4, -0.2) is 5.91 Å². The second kappa shape index (κ2) is 5.88. The molecule has 0 spiro atoms. The first-order chi connectivity index (χ1) is 11.3. The molecule has 1 aliphatic carbocycles. The molecule has 0 heterocycles. The molecule has 2 heteroatoms. The summed E-state index contributed by atoms with van der Waals surface area (Å²) in [6.45, 7) is 0. The predicted molar refractivity (Wildman–Crippen MR) is 93.5 cm³/mol. The predicted octanol–water partition coefficient (Wildman–Crippen LogP) is 4.65. The third-order valence-electron chi connectivity index (χ3n) is 4.69. The van der Waals surface area contributed by atoms with Crippen LogP contribution in [0.3, 0.4) is 0 Å². The average molecular weight is 301 g/mol. The number of hydrogen-bond acceptors (Lipinski definition) is 1. The molecule has 0 saturated carbocycles. The van der Waals surface area contributed by atoms with Gasteiger partial charge in [0.25, 0.3) is 5.91 Å². The normalized spacial score (nSPS) is 16.8. The van der Waals surface area contributed by atoms with E-state index in [9.17, 15) is 4.79 Å². The Morgan fingerprint density at radius 3 is 2.61 bits per heavy atom. The lowest BCUT2D eigenvalue weighted by Crippen LogP contribution is -2.30. The largest absolute Gasteiger partial charge is 0.345 e. The molecule has 0 unspecified atom stereocenters. The number of carbonyl (C=O) groups excluding carboxylic acids is 1. The van der Waals surface area contributed by atoms with Gasteiger partial charge in [-0.05, 0) is 53.3 Å². The monoisotopic (exact) mass is 301 g/mol. The van der Waals surface area contributed by atoms with E-state index in [1.807, 2.05) is 36.4 Å². The molecule has 1 atom stereocenters. The highest BCUT2D eigenvalue weighted by Gasteiger charge is 2.21. The molecule has 0 saturated heterocycles. The van der Waals surface area contributed by atoms with Gasteiger partial charge in [-0.25, -0.2) is 0 Å². The number of hydrogen-bond donors (Lipinski definition) is 1. The fourth-order valence-electron chi connectivity index (χ4n) is 3.48. The standard InChI is InChI=1S/C21H19NO/c23-21(18-13-12-15-6-1-2-8-17(15)14-18)22-20-11-5-9-16-7-3-4-10-19(16)20/h1-4,6-8,10,12-14,20H,5,9,11H2,(H,22,23)/t20-/m1/s1. The maximum absolute atomic E-state index is 12.7. The highest BCUT2D eigenvalue weighted by Crippen LogP contribution is 2.29. The fourth-order valence-corrected chi connectivity index (χ4v) is 3.48. The van der Waals surface area contributed by atoms with Gasteiger partial charge in [0.2, 0.25) is 0 Å². The second-order valence-electron chi connectivity index (χ2n) is 6.18. The minimum atomic E-state index is 0.0115. The van der Waals surface area contributed by atoms with Crippen LogP contribution in [0.2, 0.25) is 0 Å². The average Bonchev–Trinajstić information content (AvgIpc) is 2.61. The topological polar surface area (TPSA) is 29.1 Å². The van der Waals surface area contributed by atoms with Crippen LogP contribution >= 0.6 is 0 Å². The summed E-state index contributed by atoms with van der Waals surface area (Å²) in [4.78, 5) is 12.7. The summed E-state index contributed by atoms with van der Waals surface area (Å²) in [6, 6.07) is 22.6. The summed E-state index contributed by atoms with van der Waals surface area (Å²) >= 11 is 0. The quantitative estimate of drug-likeness (QED) is 0.733. The van der Waals surface area contributed by atoms with Gasteiger partial charge in [0, 0.05) is 5.56 Å². The highest BCUT2D eigenvalue weighted by atomic mass is 16.1. The van der Waals surface area contributed by atoms with E-state index < -0.39 is 0 Å². The van der Waals surface area contributed by atoms with E-state index in [2.05, 4.69) is 35.6 Å². The van der Waals surface area contributed by atoms with Crippen LogP contribution in [0.5, 0.6) is 0 Å². The molecule has 0 aromatic heterocycles. The maximum Gasteiger partial charge on any atom is 0.251 e. The summed E-state index contributed by atoms with van der Waals surface area (Å²) in [6.07, 6.45) is 3.24. The van der Waals surface area contributed by atoms with Crippen molar-refractivity contribution in [2.24, 2.45) is 0 Å². The van der Waals surface area contributed by atoms with Gasteiger partial charge in [0.15, 0.2) is 0 Å². The third kappa shape index (κ3) is 2.72. The fraction of sp³-hybridized carbons (Fsp3) is 0.190. The van der Waals surface area contributed by atoms with Crippen molar-refractivity contribution >= 4 is 16.7 Å². The minimum absolute atomic E-state index is 0.0115. The Labute approximate surface area is 136 Å². The molecule has 0 radical (unpaired) electrons. The van der Waals surface area contributed by atoms with E-state index in [4.69, 9.17) is 0 Å². The lowest BCUT2D eigenvalue weighted by molar-refractivity contribution is 0.0933. The van der Waals surface area contributed by atoms with E-state index in [1.165, 1.54) is 11.1 Å². The minimum Gasteiger partial charge on any atom is -0.345 e. The summed E-state index contributed by atoms with van der Waals surface area (Å²) in [5.74, 6) is 0.0115. The number of amides is 1. The first-order valence-electron chi connectivity index (χ1n) is 8.19. The first kappa shape index (κ1) is 14.0. The van der Waals surface area contributed by atoms with E-state index in [0.717, 1.165) is 35.6 Å². The van der Waals surface area contributed by atoms with Crippen molar-refractivity contribution in [3.05, 3.63) is 83.4 Å². The molecular formula is C21H19NO. The third-order valence-corrected chi connectivity index (χ3v) is 4.69. The van der Waals surface area contributed by atoms with Crippen molar-refractivity contribution in [3.8, 4) is 0 Å². The van der Waals surface area contributed by atoms with Crippen LogP contribution < -0.4 is 5.32 Å². The number of aryl methyl sites for hydroxylation is 1. The van der Waals surface area contributed by atoms with Crippen LogP contribution in [0.1, 0.15) is 40.4 Å². The Kier molecular flexibility index (Phi) is 3.58. The lowest BCUT2D eigenvalue weighted by atomic mass is 9.87. The molecule has 2 nitrogen and oxygen atoms in total. The molecule has 1 amide bonds. The molecule has 23 heavy (non-hydrogen) atoms. The summed E-state index contributed by atoms with van der Waals surface area (Å²) in [7, 11) is 0. The molecule has 0 bridgehead atoms. The van der Waals surface area contributed by atoms with Gasteiger partial charge >= 0.3 is 0 Å². The van der Waals surface area contributed by atoms with E-state index in [1.54, 1.807) is 0 Å². The van der Waals surface area contributed by atoms with Gasteiger partial charge in [0.1, 0.15) is 0 Å². The van der Waals surface area contributed by atoms with Crippen LogP contribution in [0.25, 0.3) is 10.8 Å². The van der Waals surface area contributed by atoms with Gasteiger partial charge < -0.3 is 5.32 Å². The zero-order valence-corrected chi connectivity index (χ0v) is 13.0. The molecule has 114 valence electrons. The zero-order valence-electron chi connectivity index (χ0n) is 13.0. The Balaban J connectivity index is 1.60. The molecule has 3 aromatic carbocycles. The molecular weight excluding hydrogens is 282 g/mol. The van der Waals surface area contributed by atoms with Crippen molar-refractivity contribution < 1.29 is 4.79 Å². The SMILES string of the molecule is O=C(N[C@@H]1CCCc2ccccc21)c1ccc2ccccc2c1. The van der Waals surface area contributed by atoms with E-state index >= 15 is 0 Å². The van der Waals surface area contributed by atoms with Crippen LogP contribution in [0.15, 0.2) is 66.7 Å². The highest BCUT2D eigenvalue weighted by molar-refractivity contribution is 5.98. The molecule has 1 N–H and O–H groups in total. The second-order valence-corrected chi connectivity index (χ2v) is 6.18. The summed E-state index contributed by atoms with van der Waals surface area (Å²) in [5, 5.41) is 5.48. The zero-order chi connectivity index (χ0) is 15.6. The van der Waals surface area contributed by atoms with Crippen LogP contribution in [0, 0.1) is 0 Å². The van der Waals surface area contributed by atoms with Gasteiger partial charge in [-0.3, -0.25) is 4.79 Å². The molecule has 0 fully saturated rings. The smallest absolute Gasteiger partial charge is 0.251 e. The molecule has 3 aromatic rings. The van der Waals surface area contributed by atoms with Crippen LogP contribution in [0.4, 0.5) is 0 Å². The van der Waals surface area contributed by atoms with E-state index in [-0.39, 0.29) is 11.9 Å². The van der Waals surface area contributed by atoms with Gasteiger partial charge in [-0.1, -0.05) is 54.6 Å².